The molecule has 0 bridgehead atoms. The average molecular weight is 328 g/mol. The fourth-order valence-electron chi connectivity index (χ4n) is 3.76. The lowest BCUT2D eigenvalue weighted by Crippen LogP contribution is -2.38. The lowest BCUT2D eigenvalue weighted by atomic mass is 9.96. The molecular formula is C19H24N2O3. The van der Waals surface area contributed by atoms with Gasteiger partial charge in [0.2, 0.25) is 5.91 Å². The second-order valence-corrected chi connectivity index (χ2v) is 6.85. The molecule has 0 saturated carbocycles. The molecule has 4 rings (SSSR count). The first-order valence-corrected chi connectivity index (χ1v) is 9.04. The minimum absolute atomic E-state index is 0.265. The van der Waals surface area contributed by atoms with E-state index in [4.69, 9.17) is 9.15 Å². The number of hydrogen-bond acceptors (Lipinski definition) is 4. The van der Waals surface area contributed by atoms with Crippen LogP contribution in [0.3, 0.4) is 0 Å². The molecule has 0 aliphatic carbocycles. The van der Waals surface area contributed by atoms with Gasteiger partial charge in [-0.1, -0.05) is 12.1 Å². The Labute approximate surface area is 142 Å². The molecule has 0 spiro atoms. The number of para-hydroxylation sites is 2. The van der Waals surface area contributed by atoms with Crippen LogP contribution in [0.25, 0.3) is 11.1 Å². The molecule has 2 fully saturated rings. The van der Waals surface area contributed by atoms with Crippen LogP contribution in [-0.2, 0) is 9.53 Å². The number of rotatable bonds is 4. The van der Waals surface area contributed by atoms with Crippen LogP contribution in [0.2, 0.25) is 0 Å². The third kappa shape index (κ3) is 3.31. The van der Waals surface area contributed by atoms with Crippen molar-refractivity contribution < 1.29 is 13.9 Å². The van der Waals surface area contributed by atoms with Gasteiger partial charge in [0, 0.05) is 32.0 Å². The zero-order valence-electron chi connectivity index (χ0n) is 13.9. The van der Waals surface area contributed by atoms with Gasteiger partial charge in [0.1, 0.15) is 5.52 Å². The van der Waals surface area contributed by atoms with Crippen LogP contribution in [0.4, 0.5) is 0 Å². The molecule has 2 aliphatic rings. The van der Waals surface area contributed by atoms with Crippen LogP contribution < -0.4 is 0 Å². The fourth-order valence-corrected chi connectivity index (χ4v) is 3.76. The highest BCUT2D eigenvalue weighted by Crippen LogP contribution is 2.30. The molecule has 1 aromatic heterocycles. The number of hydrogen-bond donors (Lipinski definition) is 0. The highest BCUT2D eigenvalue weighted by molar-refractivity contribution is 5.76. The Morgan fingerprint density at radius 2 is 2.04 bits per heavy atom. The van der Waals surface area contributed by atoms with Crippen LogP contribution in [0.15, 0.2) is 28.7 Å². The Morgan fingerprint density at radius 1 is 1.21 bits per heavy atom. The molecule has 0 radical (unpaired) electrons. The summed E-state index contributed by atoms with van der Waals surface area (Å²) < 4.78 is 11.5. The molecular weight excluding hydrogens is 304 g/mol. The Balaban J connectivity index is 1.30. The Kier molecular flexibility index (Phi) is 4.52. The van der Waals surface area contributed by atoms with Crippen LogP contribution in [0.1, 0.15) is 50.3 Å². The molecule has 2 saturated heterocycles. The number of fused-ring (bicyclic) bond motifs is 1. The van der Waals surface area contributed by atoms with Crippen molar-refractivity contribution in [3.63, 3.8) is 0 Å². The molecule has 1 amide bonds. The van der Waals surface area contributed by atoms with Crippen molar-refractivity contribution in [2.75, 3.05) is 19.7 Å². The highest BCUT2D eigenvalue weighted by Gasteiger charge is 2.27. The van der Waals surface area contributed by atoms with E-state index in [9.17, 15) is 4.79 Å². The molecule has 2 aromatic rings. The summed E-state index contributed by atoms with van der Waals surface area (Å²) in [6, 6.07) is 7.87. The van der Waals surface area contributed by atoms with Crippen molar-refractivity contribution in [2.45, 2.75) is 50.5 Å². The predicted molar refractivity (Wildman–Crippen MR) is 90.8 cm³/mol. The summed E-state index contributed by atoms with van der Waals surface area (Å²) in [5.74, 6) is 1.41. The second kappa shape index (κ2) is 6.93. The molecule has 5 heteroatoms. The predicted octanol–water partition coefficient (Wildman–Crippen LogP) is 3.49. The van der Waals surface area contributed by atoms with Crippen LogP contribution >= 0.6 is 0 Å². The maximum Gasteiger partial charge on any atom is 0.222 e. The van der Waals surface area contributed by atoms with Crippen molar-refractivity contribution in [3.05, 3.63) is 30.2 Å². The summed E-state index contributed by atoms with van der Waals surface area (Å²) in [5.41, 5.74) is 1.77. The Bertz CT molecular complexity index is 664. The molecule has 3 heterocycles. The van der Waals surface area contributed by atoms with E-state index in [0.29, 0.717) is 18.4 Å². The quantitative estimate of drug-likeness (QED) is 0.862. The van der Waals surface area contributed by atoms with Gasteiger partial charge < -0.3 is 14.1 Å². The number of ether oxygens (including phenoxy) is 1. The lowest BCUT2D eigenvalue weighted by molar-refractivity contribution is -0.133. The first-order chi connectivity index (χ1) is 11.8. The smallest absolute Gasteiger partial charge is 0.222 e. The third-order valence-corrected chi connectivity index (χ3v) is 5.21. The molecule has 2 aliphatic heterocycles. The van der Waals surface area contributed by atoms with E-state index in [1.807, 2.05) is 29.2 Å². The number of carbonyl (C=O) groups is 1. The van der Waals surface area contributed by atoms with Crippen molar-refractivity contribution in [2.24, 2.45) is 0 Å². The number of carbonyl (C=O) groups excluding carboxylic acids is 1. The summed E-state index contributed by atoms with van der Waals surface area (Å²) in [7, 11) is 0. The number of benzene rings is 1. The molecule has 5 nitrogen and oxygen atoms in total. The van der Waals surface area contributed by atoms with Gasteiger partial charge in [0.15, 0.2) is 11.5 Å². The summed E-state index contributed by atoms with van der Waals surface area (Å²) in [6.07, 6.45) is 5.87. The van der Waals surface area contributed by atoms with Gasteiger partial charge >= 0.3 is 0 Å². The normalized spacial score (nSPS) is 22.3. The minimum atomic E-state index is 0.265. The van der Waals surface area contributed by atoms with Crippen molar-refractivity contribution in [1.29, 1.82) is 0 Å². The van der Waals surface area contributed by atoms with Gasteiger partial charge in [-0.05, 0) is 44.2 Å². The number of oxazole rings is 1. The summed E-state index contributed by atoms with van der Waals surface area (Å²) in [6.45, 7) is 2.45. The maximum atomic E-state index is 12.4. The van der Waals surface area contributed by atoms with E-state index in [1.165, 1.54) is 0 Å². The van der Waals surface area contributed by atoms with E-state index in [2.05, 4.69) is 4.98 Å². The number of nitrogens with zero attached hydrogens (tertiary/aromatic N) is 2. The van der Waals surface area contributed by atoms with Crippen LogP contribution in [-0.4, -0.2) is 41.6 Å². The molecule has 1 aromatic carbocycles. The van der Waals surface area contributed by atoms with Gasteiger partial charge in [-0.2, -0.15) is 0 Å². The van der Waals surface area contributed by atoms with Gasteiger partial charge in [0.05, 0.1) is 6.10 Å². The standard InChI is InChI=1S/C19H24N2O3/c22-18(8-7-15-4-3-13-23-15)21-11-9-14(10-12-21)19-20-16-5-1-2-6-17(16)24-19/h1-2,5-6,14-15H,3-4,7-13H2/t15-/m0/s1. The average Bonchev–Trinajstić information content (AvgIpc) is 3.29. The summed E-state index contributed by atoms with van der Waals surface area (Å²) in [5, 5.41) is 0. The van der Waals surface area contributed by atoms with E-state index < -0.39 is 0 Å². The molecule has 24 heavy (non-hydrogen) atoms. The molecule has 0 unspecified atom stereocenters. The Hall–Kier alpha value is -1.88. The molecule has 1 atom stereocenters. The fraction of sp³-hybridized carbons (Fsp3) is 0.579. The molecule has 0 N–H and O–H groups in total. The highest BCUT2D eigenvalue weighted by atomic mass is 16.5. The molecule has 128 valence electrons. The van der Waals surface area contributed by atoms with Gasteiger partial charge in [-0.3, -0.25) is 4.79 Å². The van der Waals surface area contributed by atoms with Crippen LogP contribution in [0.5, 0.6) is 0 Å². The zero-order valence-corrected chi connectivity index (χ0v) is 13.9. The lowest BCUT2D eigenvalue weighted by Gasteiger charge is -2.31. The van der Waals surface area contributed by atoms with Crippen molar-refractivity contribution in [1.82, 2.24) is 9.88 Å². The summed E-state index contributed by atoms with van der Waals surface area (Å²) >= 11 is 0. The van der Waals surface area contributed by atoms with Crippen LogP contribution in [0, 0.1) is 0 Å². The summed E-state index contributed by atoms with van der Waals surface area (Å²) in [4.78, 5) is 19.0. The van der Waals surface area contributed by atoms with E-state index >= 15 is 0 Å². The first-order valence-electron chi connectivity index (χ1n) is 9.04. The second-order valence-electron chi connectivity index (χ2n) is 6.85. The number of amides is 1. The maximum absolute atomic E-state index is 12.4. The Morgan fingerprint density at radius 3 is 2.79 bits per heavy atom. The van der Waals surface area contributed by atoms with Gasteiger partial charge in [-0.25, -0.2) is 4.98 Å². The van der Waals surface area contributed by atoms with Crippen molar-refractivity contribution in [3.8, 4) is 0 Å². The van der Waals surface area contributed by atoms with Gasteiger partial charge in [0.25, 0.3) is 0 Å². The SMILES string of the molecule is O=C(CC[C@@H]1CCCO1)N1CCC(c2nc3ccccc3o2)CC1. The zero-order chi connectivity index (χ0) is 16.4. The van der Waals surface area contributed by atoms with E-state index in [0.717, 1.165) is 68.8 Å². The largest absolute Gasteiger partial charge is 0.440 e. The van der Waals surface area contributed by atoms with E-state index in [1.54, 1.807) is 0 Å². The third-order valence-electron chi connectivity index (χ3n) is 5.21. The first kappa shape index (κ1) is 15.6. The minimum Gasteiger partial charge on any atom is -0.440 e. The number of aromatic nitrogens is 1. The topological polar surface area (TPSA) is 55.6 Å². The monoisotopic (exact) mass is 328 g/mol. The number of likely N-dealkylation sites (tertiary alicyclic amines) is 1. The van der Waals surface area contributed by atoms with Crippen molar-refractivity contribution >= 4 is 17.0 Å². The van der Waals surface area contributed by atoms with Gasteiger partial charge in [-0.15, -0.1) is 0 Å². The van der Waals surface area contributed by atoms with E-state index in [-0.39, 0.29) is 5.91 Å². The number of piperidine rings is 1.